The van der Waals surface area contributed by atoms with Crippen LogP contribution in [0.4, 0.5) is 11.4 Å². The number of carboxylic acids is 1. The van der Waals surface area contributed by atoms with E-state index in [1.54, 1.807) is 42.5 Å². The number of nitrogens with one attached hydrogen (secondary N) is 1. The summed E-state index contributed by atoms with van der Waals surface area (Å²) < 4.78 is 11.3. The number of aryl methyl sites for hydroxylation is 1. The maximum Gasteiger partial charge on any atom is 0.335 e. The van der Waals surface area contributed by atoms with Crippen molar-refractivity contribution in [2.24, 2.45) is 23.7 Å². The highest BCUT2D eigenvalue weighted by molar-refractivity contribution is 6.23. The van der Waals surface area contributed by atoms with Crippen LogP contribution in [-0.2, 0) is 24.6 Å². The molecule has 3 N–H and O–H groups in total. The standard InChI is InChI=1S/C42H37N3O9/c1-22-12-14-25(15-13-22)43-45-38(48)31-21-30-28(16-17-29-34(30)39(49)44(37(29)47)26-11-7-8-23(18-26)40(50)51)36(35-32(46)19-27(53-2)20-33(35)54-3)42(31,41(45)52)24-9-5-4-6-10-24/h4-16,18-20,29-31,34,36,43,46H,17,21H2,1-3H3,(H,50,51). The Morgan fingerprint density at radius 2 is 1.59 bits per heavy atom. The van der Waals surface area contributed by atoms with Crippen molar-refractivity contribution in [3.8, 4) is 17.2 Å². The van der Waals surface area contributed by atoms with Gasteiger partial charge in [-0.1, -0.05) is 65.7 Å². The first-order valence-electron chi connectivity index (χ1n) is 17.6. The first-order valence-corrected chi connectivity index (χ1v) is 17.6. The molecule has 0 spiro atoms. The number of hydrazine groups is 1. The lowest BCUT2D eigenvalue weighted by atomic mass is 9.49. The van der Waals surface area contributed by atoms with Gasteiger partial charge in [-0.05, 0) is 61.6 Å². The molecule has 54 heavy (non-hydrogen) atoms. The summed E-state index contributed by atoms with van der Waals surface area (Å²) in [5.41, 5.74) is 4.38. The van der Waals surface area contributed by atoms with Crippen molar-refractivity contribution in [2.45, 2.75) is 31.1 Å². The average Bonchev–Trinajstić information content (AvgIpc) is 3.56. The van der Waals surface area contributed by atoms with Gasteiger partial charge in [0.1, 0.15) is 17.2 Å². The topological polar surface area (TPSA) is 163 Å². The Hall–Kier alpha value is -6.43. The number of benzene rings is 4. The highest BCUT2D eigenvalue weighted by atomic mass is 16.5. The number of rotatable bonds is 8. The highest BCUT2D eigenvalue weighted by Gasteiger charge is 2.71. The highest BCUT2D eigenvalue weighted by Crippen LogP contribution is 2.66. The van der Waals surface area contributed by atoms with E-state index in [1.807, 2.05) is 31.2 Å². The lowest BCUT2D eigenvalue weighted by Gasteiger charge is -2.50. The summed E-state index contributed by atoms with van der Waals surface area (Å²) in [6.07, 6.45) is 2.04. The number of phenolic OH excluding ortho intramolecular Hbond substituents is 1. The summed E-state index contributed by atoms with van der Waals surface area (Å²) in [5.74, 6) is -7.55. The molecule has 4 aromatic carbocycles. The number of methoxy groups -OCH3 is 2. The number of carbonyl (C=O) groups excluding carboxylic acids is 4. The normalized spacial score (nSPS) is 25.8. The number of ether oxygens (including phenoxy) is 2. The Kier molecular flexibility index (Phi) is 8.28. The lowest BCUT2D eigenvalue weighted by molar-refractivity contribution is -0.138. The Bertz CT molecular complexity index is 2270. The predicted octanol–water partition coefficient (Wildman–Crippen LogP) is 5.61. The van der Waals surface area contributed by atoms with E-state index in [1.165, 1.54) is 44.6 Å². The summed E-state index contributed by atoms with van der Waals surface area (Å²) in [6, 6.07) is 24.9. The number of aromatic hydroxyl groups is 1. The molecule has 6 unspecified atom stereocenters. The van der Waals surface area contributed by atoms with Crippen LogP contribution in [0, 0.1) is 30.6 Å². The smallest absolute Gasteiger partial charge is 0.335 e. The van der Waals surface area contributed by atoms with Gasteiger partial charge in [0.15, 0.2) is 0 Å². The van der Waals surface area contributed by atoms with E-state index in [0.717, 1.165) is 15.5 Å². The van der Waals surface area contributed by atoms with Gasteiger partial charge >= 0.3 is 5.97 Å². The van der Waals surface area contributed by atoms with E-state index in [-0.39, 0.29) is 41.2 Å². The van der Waals surface area contributed by atoms with Crippen LogP contribution in [0.5, 0.6) is 17.2 Å². The predicted molar refractivity (Wildman–Crippen MR) is 196 cm³/mol. The molecule has 12 nitrogen and oxygen atoms in total. The third-order valence-electron chi connectivity index (χ3n) is 11.6. The van der Waals surface area contributed by atoms with E-state index < -0.39 is 64.6 Å². The van der Waals surface area contributed by atoms with Crippen LogP contribution in [-0.4, -0.2) is 59.0 Å². The zero-order chi connectivity index (χ0) is 38.1. The number of aromatic carboxylic acids is 1. The molecule has 0 radical (unpaired) electrons. The second-order valence-electron chi connectivity index (χ2n) is 14.2. The monoisotopic (exact) mass is 727 g/mol. The van der Waals surface area contributed by atoms with Crippen molar-refractivity contribution in [3.05, 3.63) is 125 Å². The third-order valence-corrected chi connectivity index (χ3v) is 11.6. The summed E-state index contributed by atoms with van der Waals surface area (Å²) in [4.78, 5) is 71.9. The van der Waals surface area contributed by atoms with Gasteiger partial charge in [0, 0.05) is 23.6 Å². The van der Waals surface area contributed by atoms with Crippen LogP contribution in [0.25, 0.3) is 0 Å². The van der Waals surface area contributed by atoms with Crippen LogP contribution in [0.2, 0.25) is 0 Å². The minimum atomic E-state index is -1.63. The second-order valence-corrected chi connectivity index (χ2v) is 14.2. The van der Waals surface area contributed by atoms with E-state index in [9.17, 15) is 29.4 Å². The maximum atomic E-state index is 15.4. The molecule has 4 aliphatic rings. The quantitative estimate of drug-likeness (QED) is 0.154. The average molecular weight is 728 g/mol. The number of hydrogen-bond acceptors (Lipinski definition) is 9. The van der Waals surface area contributed by atoms with Crippen molar-refractivity contribution >= 4 is 41.0 Å². The molecule has 4 amide bonds. The van der Waals surface area contributed by atoms with Crippen molar-refractivity contribution in [3.63, 3.8) is 0 Å². The Morgan fingerprint density at radius 1 is 0.852 bits per heavy atom. The molecule has 0 aromatic heterocycles. The van der Waals surface area contributed by atoms with Crippen molar-refractivity contribution in [1.29, 1.82) is 0 Å². The molecule has 6 atom stereocenters. The van der Waals surface area contributed by atoms with Crippen molar-refractivity contribution < 1.29 is 43.7 Å². The Labute approximate surface area is 310 Å². The molecular weight excluding hydrogens is 690 g/mol. The Balaban J connectivity index is 1.35. The first kappa shape index (κ1) is 34.6. The van der Waals surface area contributed by atoms with E-state index in [4.69, 9.17) is 9.47 Å². The van der Waals surface area contributed by atoms with E-state index in [2.05, 4.69) is 5.43 Å². The number of allylic oxidation sites excluding steroid dienone is 2. The number of anilines is 2. The van der Waals surface area contributed by atoms with Crippen molar-refractivity contribution in [2.75, 3.05) is 24.5 Å². The first-order chi connectivity index (χ1) is 26.0. The molecule has 2 heterocycles. The minimum Gasteiger partial charge on any atom is -0.507 e. The van der Waals surface area contributed by atoms with Crippen molar-refractivity contribution in [1.82, 2.24) is 5.01 Å². The van der Waals surface area contributed by atoms with Crippen LogP contribution in [0.3, 0.4) is 0 Å². The number of carboxylic acid groups (broad SMARTS) is 1. The minimum absolute atomic E-state index is 0.0380. The summed E-state index contributed by atoms with van der Waals surface area (Å²) in [6.45, 7) is 1.93. The van der Waals surface area contributed by atoms with E-state index in [0.29, 0.717) is 22.6 Å². The molecule has 1 saturated carbocycles. The van der Waals surface area contributed by atoms with Crippen LogP contribution in [0.1, 0.15) is 45.8 Å². The van der Waals surface area contributed by atoms with Gasteiger partial charge in [-0.2, -0.15) is 5.01 Å². The molecule has 274 valence electrons. The van der Waals surface area contributed by atoms with Crippen LogP contribution in [0.15, 0.2) is 103 Å². The molecule has 2 aliphatic heterocycles. The fraction of sp³-hybridized carbons (Fsp3) is 0.262. The second kappa shape index (κ2) is 12.9. The fourth-order valence-corrected chi connectivity index (χ4v) is 9.26. The number of nitrogens with zero attached hydrogens (tertiary/aromatic N) is 2. The van der Waals surface area contributed by atoms with Gasteiger partial charge in [0.25, 0.3) is 11.8 Å². The maximum absolute atomic E-state index is 15.4. The number of hydrogen-bond donors (Lipinski definition) is 3. The zero-order valence-corrected chi connectivity index (χ0v) is 29.7. The Morgan fingerprint density at radius 3 is 2.28 bits per heavy atom. The number of amides is 4. The lowest BCUT2D eigenvalue weighted by Crippen LogP contribution is -2.53. The van der Waals surface area contributed by atoms with Gasteiger partial charge in [-0.3, -0.25) is 29.5 Å². The molecule has 4 aromatic rings. The fourth-order valence-electron chi connectivity index (χ4n) is 9.26. The molecule has 0 bridgehead atoms. The van der Waals surface area contributed by atoms with Gasteiger partial charge in [0.05, 0.1) is 54.3 Å². The SMILES string of the molecule is COc1cc(O)c(C2C3=CCC4C(=O)N(c5cccc(C(=O)O)c5)C(=O)C4C3CC3C(=O)N(Nc4ccc(C)cc4)C(=O)C32c2ccccc2)c(OC)c1. The van der Waals surface area contributed by atoms with Crippen LogP contribution < -0.4 is 19.8 Å². The molecule has 12 heteroatoms. The molecule has 2 aliphatic carbocycles. The number of imide groups is 2. The van der Waals surface area contributed by atoms with Crippen LogP contribution >= 0.6 is 0 Å². The van der Waals surface area contributed by atoms with Gasteiger partial charge in [-0.25, -0.2) is 4.79 Å². The third kappa shape index (κ3) is 5.00. The summed E-state index contributed by atoms with van der Waals surface area (Å²) >= 11 is 0. The van der Waals surface area contributed by atoms with Gasteiger partial charge < -0.3 is 19.7 Å². The summed E-state index contributed by atoms with van der Waals surface area (Å²) in [7, 11) is 2.88. The molecule has 8 rings (SSSR count). The number of fused-ring (bicyclic) bond motifs is 4. The number of phenols is 1. The van der Waals surface area contributed by atoms with Gasteiger partial charge in [0.2, 0.25) is 11.8 Å². The summed E-state index contributed by atoms with van der Waals surface area (Å²) in [5, 5.41) is 22.6. The van der Waals surface area contributed by atoms with Gasteiger partial charge in [-0.15, -0.1) is 0 Å². The molecule has 2 saturated heterocycles. The zero-order valence-electron chi connectivity index (χ0n) is 29.7. The van der Waals surface area contributed by atoms with E-state index >= 15 is 4.79 Å². The number of carbonyl (C=O) groups is 5. The molecular formula is C42H37N3O9. The largest absolute Gasteiger partial charge is 0.507 e. The molecule has 3 fully saturated rings.